The maximum Gasteiger partial charge on any atom is 0.237 e. The Bertz CT molecular complexity index is 984. The van der Waals surface area contributed by atoms with Crippen molar-refractivity contribution in [1.29, 1.82) is 0 Å². The molecule has 9 heteroatoms. The third-order valence-electron chi connectivity index (χ3n) is 5.82. The van der Waals surface area contributed by atoms with Crippen LogP contribution in [0.4, 0.5) is 5.82 Å². The highest BCUT2D eigenvalue weighted by Crippen LogP contribution is 2.31. The summed E-state index contributed by atoms with van der Waals surface area (Å²) in [4.78, 5) is 31.0. The summed E-state index contributed by atoms with van der Waals surface area (Å²) in [7, 11) is 0. The predicted molar refractivity (Wildman–Crippen MR) is 123 cm³/mol. The Labute approximate surface area is 192 Å². The lowest BCUT2D eigenvalue weighted by Crippen LogP contribution is -2.51. The molecule has 0 saturated carbocycles. The largest absolute Gasteiger partial charge is 0.384 e. The number of halogens is 2. The molecule has 1 aliphatic heterocycles. The number of hydrogen-bond donors (Lipinski definition) is 3. The van der Waals surface area contributed by atoms with Crippen LogP contribution in [0.15, 0.2) is 30.3 Å². The van der Waals surface area contributed by atoms with Gasteiger partial charge in [-0.25, -0.2) is 4.98 Å². The second kappa shape index (κ2) is 9.85. The molecule has 0 aliphatic carbocycles. The quantitative estimate of drug-likeness (QED) is 0.583. The van der Waals surface area contributed by atoms with E-state index in [-0.39, 0.29) is 11.8 Å². The van der Waals surface area contributed by atoms with Crippen LogP contribution in [0.1, 0.15) is 30.2 Å². The lowest BCUT2D eigenvalue weighted by molar-refractivity contribution is -0.129. The molecule has 1 saturated heterocycles. The number of nitrogen functional groups attached to an aromatic ring is 1. The Balaban J connectivity index is 1.66. The van der Waals surface area contributed by atoms with Crippen molar-refractivity contribution >= 4 is 40.8 Å². The molecule has 0 bridgehead atoms. The molecule has 2 heterocycles. The number of carbonyl (C=O) groups is 2. The summed E-state index contributed by atoms with van der Waals surface area (Å²) >= 11 is 12.4. The summed E-state index contributed by atoms with van der Waals surface area (Å²) in [5, 5.41) is 4.17. The average Bonchev–Trinajstić information content (AvgIpc) is 3.13. The number of anilines is 1. The van der Waals surface area contributed by atoms with Crippen molar-refractivity contribution in [1.82, 2.24) is 15.2 Å². The van der Waals surface area contributed by atoms with Gasteiger partial charge in [-0.05, 0) is 68.0 Å². The van der Waals surface area contributed by atoms with Gasteiger partial charge in [0.15, 0.2) is 0 Å². The van der Waals surface area contributed by atoms with Gasteiger partial charge in [0.1, 0.15) is 5.82 Å². The minimum atomic E-state index is -0.514. The molecule has 166 valence electrons. The molecule has 0 spiro atoms. The summed E-state index contributed by atoms with van der Waals surface area (Å²) < 4.78 is 0. The van der Waals surface area contributed by atoms with Gasteiger partial charge < -0.3 is 16.8 Å². The molecule has 3 rings (SSSR count). The van der Waals surface area contributed by atoms with Gasteiger partial charge in [-0.1, -0.05) is 29.3 Å². The summed E-state index contributed by atoms with van der Waals surface area (Å²) in [5.41, 5.74) is 13.9. The Morgan fingerprint density at radius 1 is 1.26 bits per heavy atom. The highest BCUT2D eigenvalue weighted by Gasteiger charge is 2.40. The molecule has 31 heavy (non-hydrogen) atoms. The molecule has 7 nitrogen and oxygen atoms in total. The lowest BCUT2D eigenvalue weighted by atomic mass is 9.96. The first-order valence-corrected chi connectivity index (χ1v) is 10.9. The van der Waals surface area contributed by atoms with E-state index in [9.17, 15) is 9.59 Å². The number of nitrogens with one attached hydrogen (secondary N) is 1. The zero-order valence-corrected chi connectivity index (χ0v) is 19.1. The van der Waals surface area contributed by atoms with Crippen LogP contribution in [-0.2, 0) is 22.6 Å². The molecule has 2 aromatic rings. The Hall–Kier alpha value is -2.35. The van der Waals surface area contributed by atoms with Gasteiger partial charge in [-0.2, -0.15) is 0 Å². The van der Waals surface area contributed by atoms with Gasteiger partial charge in [0, 0.05) is 28.8 Å². The first kappa shape index (κ1) is 23.3. The van der Waals surface area contributed by atoms with Crippen molar-refractivity contribution in [3.05, 3.63) is 57.2 Å². The first-order valence-electron chi connectivity index (χ1n) is 10.1. The van der Waals surface area contributed by atoms with Crippen molar-refractivity contribution in [3.8, 4) is 0 Å². The number of primary amides is 1. The van der Waals surface area contributed by atoms with Gasteiger partial charge in [0.05, 0.1) is 12.1 Å². The van der Waals surface area contributed by atoms with E-state index in [4.69, 9.17) is 34.7 Å². The second-order valence-corrected chi connectivity index (χ2v) is 8.87. The molecule has 1 aromatic heterocycles. The number of nitrogens with zero attached hydrogens (tertiary/aromatic N) is 2. The van der Waals surface area contributed by atoms with Crippen molar-refractivity contribution < 1.29 is 9.59 Å². The van der Waals surface area contributed by atoms with Crippen LogP contribution in [0.5, 0.6) is 0 Å². The third kappa shape index (κ3) is 5.67. The van der Waals surface area contributed by atoms with Crippen molar-refractivity contribution in [2.24, 2.45) is 11.7 Å². The molecule has 1 aromatic carbocycles. The molecule has 5 N–H and O–H groups in total. The average molecular weight is 464 g/mol. The number of aromatic nitrogens is 1. The number of likely N-dealkylation sites (tertiary alicyclic amines) is 1. The standard InChI is InChI=1S/C22H27Cl2N5O2/c1-12-15(3-6-20(25)28-12)10-27-22(31)13(2)29-11-14(8-19(29)21(26)30)7-16-9-17(23)4-5-18(16)24/h3-6,9,13-14,19H,7-8,10-11H2,1-2H3,(H2,25,28)(H2,26,30)(H,27,31)/t13-,14?,19?/m0/s1. The van der Waals surface area contributed by atoms with E-state index in [1.165, 1.54) is 0 Å². The zero-order chi connectivity index (χ0) is 22.7. The number of nitrogens with two attached hydrogens (primary N) is 2. The number of benzene rings is 1. The summed E-state index contributed by atoms with van der Waals surface area (Å²) in [6.45, 7) is 4.52. The van der Waals surface area contributed by atoms with Crippen LogP contribution in [0.3, 0.4) is 0 Å². The normalized spacial score (nSPS) is 19.9. The number of pyridine rings is 1. The third-order valence-corrected chi connectivity index (χ3v) is 6.42. The molecule has 1 aliphatic rings. The minimum Gasteiger partial charge on any atom is -0.384 e. The van der Waals surface area contributed by atoms with E-state index < -0.39 is 18.0 Å². The monoisotopic (exact) mass is 463 g/mol. The van der Waals surface area contributed by atoms with Crippen molar-refractivity contribution in [2.75, 3.05) is 12.3 Å². The lowest BCUT2D eigenvalue weighted by Gasteiger charge is -2.28. The number of carbonyl (C=O) groups excluding carboxylic acids is 2. The van der Waals surface area contributed by atoms with E-state index in [1.54, 1.807) is 25.1 Å². The summed E-state index contributed by atoms with van der Waals surface area (Å²) in [6, 6.07) is 7.86. The van der Waals surface area contributed by atoms with Crippen LogP contribution in [0, 0.1) is 12.8 Å². The number of rotatable bonds is 7. The van der Waals surface area contributed by atoms with E-state index in [0.29, 0.717) is 41.8 Å². The highest BCUT2D eigenvalue weighted by molar-refractivity contribution is 6.33. The Kier molecular flexibility index (Phi) is 7.41. The fourth-order valence-corrected chi connectivity index (χ4v) is 4.48. The fourth-order valence-electron chi connectivity index (χ4n) is 4.09. The number of amides is 2. The zero-order valence-electron chi connectivity index (χ0n) is 17.6. The molecule has 2 unspecified atom stereocenters. The van der Waals surface area contributed by atoms with Crippen molar-refractivity contribution in [3.63, 3.8) is 0 Å². The summed E-state index contributed by atoms with van der Waals surface area (Å²) in [5.74, 6) is -0.0396. The topological polar surface area (TPSA) is 114 Å². The molecule has 3 atom stereocenters. The van der Waals surface area contributed by atoms with Crippen LogP contribution in [-0.4, -0.2) is 40.3 Å². The van der Waals surface area contributed by atoms with Gasteiger partial charge in [-0.15, -0.1) is 0 Å². The smallest absolute Gasteiger partial charge is 0.237 e. The Morgan fingerprint density at radius 3 is 2.68 bits per heavy atom. The fraction of sp³-hybridized carbons (Fsp3) is 0.409. The van der Waals surface area contributed by atoms with E-state index in [2.05, 4.69) is 10.3 Å². The maximum atomic E-state index is 12.8. The summed E-state index contributed by atoms with van der Waals surface area (Å²) in [6.07, 6.45) is 1.22. The molecule has 2 amide bonds. The molecular formula is C22H27Cl2N5O2. The van der Waals surface area contributed by atoms with Gasteiger partial charge in [-0.3, -0.25) is 14.5 Å². The predicted octanol–water partition coefficient (Wildman–Crippen LogP) is 2.70. The molecule has 0 radical (unpaired) electrons. The molecular weight excluding hydrogens is 437 g/mol. The number of aryl methyl sites for hydroxylation is 1. The maximum absolute atomic E-state index is 12.8. The SMILES string of the molecule is Cc1nc(N)ccc1CNC(=O)[C@H](C)N1CC(Cc2cc(Cl)ccc2Cl)CC1C(N)=O. The van der Waals surface area contributed by atoms with Crippen LogP contribution in [0.25, 0.3) is 0 Å². The first-order chi connectivity index (χ1) is 14.7. The van der Waals surface area contributed by atoms with Gasteiger partial charge >= 0.3 is 0 Å². The van der Waals surface area contributed by atoms with E-state index >= 15 is 0 Å². The van der Waals surface area contributed by atoms with E-state index in [1.807, 2.05) is 24.0 Å². The molecule has 1 fully saturated rings. The van der Waals surface area contributed by atoms with Crippen LogP contribution in [0.2, 0.25) is 10.0 Å². The Morgan fingerprint density at radius 2 is 2.00 bits per heavy atom. The van der Waals surface area contributed by atoms with Gasteiger partial charge in [0.25, 0.3) is 0 Å². The van der Waals surface area contributed by atoms with Crippen LogP contribution < -0.4 is 16.8 Å². The van der Waals surface area contributed by atoms with Crippen molar-refractivity contribution in [2.45, 2.75) is 45.3 Å². The highest BCUT2D eigenvalue weighted by atomic mass is 35.5. The second-order valence-electron chi connectivity index (χ2n) is 8.03. The van der Waals surface area contributed by atoms with E-state index in [0.717, 1.165) is 16.8 Å². The minimum absolute atomic E-state index is 0.132. The number of hydrogen-bond acceptors (Lipinski definition) is 5. The van der Waals surface area contributed by atoms with Crippen LogP contribution >= 0.6 is 23.2 Å². The van der Waals surface area contributed by atoms with Gasteiger partial charge in [0.2, 0.25) is 11.8 Å².